The van der Waals surface area contributed by atoms with E-state index in [0.29, 0.717) is 30.9 Å². The lowest BCUT2D eigenvalue weighted by Gasteiger charge is -2.40. The number of fused-ring (bicyclic) bond motifs is 2. The average molecular weight is 538 g/mol. The van der Waals surface area contributed by atoms with E-state index >= 15 is 0 Å². The minimum absolute atomic E-state index is 0.222. The van der Waals surface area contributed by atoms with Gasteiger partial charge in [0.05, 0.1) is 16.6 Å². The molecule has 1 aliphatic rings. The number of carbonyl (C=O) groups is 2. The number of amides is 2. The fraction of sp³-hybridized carbons (Fsp3) is 0.312. The first-order valence-corrected chi connectivity index (χ1v) is 13.4. The van der Waals surface area contributed by atoms with Crippen molar-refractivity contribution < 1.29 is 14.3 Å². The van der Waals surface area contributed by atoms with Gasteiger partial charge in [-0.3, -0.25) is 14.8 Å². The van der Waals surface area contributed by atoms with Crippen molar-refractivity contribution in [3.05, 3.63) is 95.3 Å². The monoisotopic (exact) mass is 537 g/mol. The van der Waals surface area contributed by atoms with Gasteiger partial charge < -0.3 is 20.3 Å². The Bertz CT molecular complexity index is 1570. The molecule has 0 atom stereocenters. The topological polar surface area (TPSA) is 96.5 Å². The molecule has 0 bridgehead atoms. The van der Waals surface area contributed by atoms with E-state index in [-0.39, 0.29) is 17.4 Å². The van der Waals surface area contributed by atoms with Gasteiger partial charge in [-0.1, -0.05) is 44.2 Å². The van der Waals surface area contributed by atoms with Crippen LogP contribution in [-0.4, -0.2) is 39.0 Å². The minimum Gasteiger partial charge on any atom is -0.444 e. The van der Waals surface area contributed by atoms with Crippen molar-refractivity contribution in [2.75, 3.05) is 17.2 Å². The van der Waals surface area contributed by atoms with Crippen LogP contribution in [0.1, 0.15) is 61.7 Å². The van der Waals surface area contributed by atoms with Gasteiger partial charge in [-0.05, 0) is 67.8 Å². The summed E-state index contributed by atoms with van der Waals surface area (Å²) in [7, 11) is 0. The molecule has 206 valence electrons. The number of ether oxygens (including phenoxy) is 1. The first-order chi connectivity index (χ1) is 19.0. The summed E-state index contributed by atoms with van der Waals surface area (Å²) in [5.74, 6) is -0.222. The van der Waals surface area contributed by atoms with Crippen LogP contribution in [0.2, 0.25) is 0 Å². The summed E-state index contributed by atoms with van der Waals surface area (Å²) in [6.45, 7) is 11.3. The van der Waals surface area contributed by atoms with Crippen molar-refractivity contribution in [3.8, 4) is 0 Å². The molecule has 8 nitrogen and oxygen atoms in total. The lowest BCUT2D eigenvalue weighted by Crippen LogP contribution is -2.46. The van der Waals surface area contributed by atoms with Crippen LogP contribution in [0.5, 0.6) is 0 Å². The summed E-state index contributed by atoms with van der Waals surface area (Å²) in [6.07, 6.45) is 3.02. The molecular weight excluding hydrogens is 502 g/mol. The fourth-order valence-corrected chi connectivity index (χ4v) is 5.16. The summed E-state index contributed by atoms with van der Waals surface area (Å²) in [6, 6.07) is 19.2. The Labute approximate surface area is 234 Å². The zero-order chi connectivity index (χ0) is 28.5. The summed E-state index contributed by atoms with van der Waals surface area (Å²) in [5, 5.41) is 6.45. The highest BCUT2D eigenvalue weighted by molar-refractivity contribution is 6.08. The molecule has 3 aromatic carbocycles. The van der Waals surface area contributed by atoms with Gasteiger partial charge in [-0.25, -0.2) is 4.79 Å². The number of para-hydroxylation sites is 2. The maximum Gasteiger partial charge on any atom is 0.410 e. The molecule has 2 heterocycles. The van der Waals surface area contributed by atoms with Crippen molar-refractivity contribution in [1.82, 2.24) is 14.9 Å². The fourth-order valence-electron chi connectivity index (χ4n) is 5.16. The normalized spacial score (nSPS) is 14.4. The zero-order valence-electron chi connectivity index (χ0n) is 23.6. The second-order valence-corrected chi connectivity index (χ2v) is 11.8. The van der Waals surface area contributed by atoms with E-state index in [0.717, 1.165) is 33.4 Å². The molecule has 8 heteroatoms. The Hall–Kier alpha value is -4.46. The highest BCUT2D eigenvalue weighted by atomic mass is 16.6. The van der Waals surface area contributed by atoms with Crippen molar-refractivity contribution in [1.29, 1.82) is 0 Å². The number of nitrogens with one attached hydrogen (secondary N) is 2. The Balaban J connectivity index is 1.33. The summed E-state index contributed by atoms with van der Waals surface area (Å²) >= 11 is 0. The van der Waals surface area contributed by atoms with E-state index in [4.69, 9.17) is 4.74 Å². The Morgan fingerprint density at radius 2 is 1.77 bits per heavy atom. The molecule has 0 spiro atoms. The van der Waals surface area contributed by atoms with Crippen molar-refractivity contribution in [2.24, 2.45) is 0 Å². The van der Waals surface area contributed by atoms with Crippen LogP contribution in [0.25, 0.3) is 11.0 Å². The lowest BCUT2D eigenvalue weighted by molar-refractivity contribution is 0.0174. The van der Waals surface area contributed by atoms with Gasteiger partial charge in [0.1, 0.15) is 5.60 Å². The van der Waals surface area contributed by atoms with Crippen LogP contribution in [0.15, 0.2) is 73.1 Å². The molecule has 0 radical (unpaired) electrons. The van der Waals surface area contributed by atoms with E-state index in [2.05, 4.69) is 34.4 Å². The summed E-state index contributed by atoms with van der Waals surface area (Å²) < 4.78 is 5.63. The van der Waals surface area contributed by atoms with Gasteiger partial charge in [0.15, 0.2) is 0 Å². The smallest absolute Gasteiger partial charge is 0.410 e. The first-order valence-electron chi connectivity index (χ1n) is 13.4. The van der Waals surface area contributed by atoms with Gasteiger partial charge in [-0.15, -0.1) is 0 Å². The van der Waals surface area contributed by atoms with Crippen LogP contribution in [-0.2, 0) is 23.2 Å². The molecule has 0 fully saturated rings. The van der Waals surface area contributed by atoms with E-state index in [1.807, 2.05) is 75.4 Å². The molecule has 2 N–H and O–H groups in total. The molecule has 1 aliphatic heterocycles. The quantitative estimate of drug-likeness (QED) is 0.301. The number of aromatic nitrogens is 2. The summed E-state index contributed by atoms with van der Waals surface area (Å²) in [5.41, 5.74) is 5.89. The molecule has 5 rings (SSSR count). The van der Waals surface area contributed by atoms with E-state index in [1.165, 1.54) is 0 Å². The maximum atomic E-state index is 13.4. The van der Waals surface area contributed by atoms with Gasteiger partial charge in [0, 0.05) is 48.8 Å². The molecule has 1 aromatic heterocycles. The van der Waals surface area contributed by atoms with Crippen LogP contribution >= 0.6 is 0 Å². The minimum atomic E-state index is -0.570. The number of benzene rings is 3. The van der Waals surface area contributed by atoms with Crippen LogP contribution in [0, 0.1) is 0 Å². The molecule has 0 aliphatic carbocycles. The molecule has 2 amide bonds. The maximum absolute atomic E-state index is 13.4. The van der Waals surface area contributed by atoms with Crippen molar-refractivity contribution in [2.45, 2.75) is 58.7 Å². The van der Waals surface area contributed by atoms with Crippen LogP contribution in [0.3, 0.4) is 0 Å². The number of carbonyl (C=O) groups excluding carboxylic acids is 2. The van der Waals surface area contributed by atoms with E-state index in [9.17, 15) is 9.59 Å². The van der Waals surface area contributed by atoms with Crippen LogP contribution < -0.4 is 10.6 Å². The number of hydrogen-bond acceptors (Lipinski definition) is 6. The van der Waals surface area contributed by atoms with Gasteiger partial charge in [-0.2, -0.15) is 0 Å². The molecular formula is C32H35N5O3. The third-order valence-corrected chi connectivity index (χ3v) is 6.91. The number of anilines is 2. The second kappa shape index (κ2) is 10.6. The zero-order valence-corrected chi connectivity index (χ0v) is 23.6. The largest absolute Gasteiger partial charge is 0.444 e. The Kier molecular flexibility index (Phi) is 7.19. The number of hydrogen-bond donors (Lipinski definition) is 2. The van der Waals surface area contributed by atoms with Gasteiger partial charge in [0.25, 0.3) is 5.91 Å². The average Bonchev–Trinajstić information content (AvgIpc) is 2.90. The molecule has 0 saturated carbocycles. The Morgan fingerprint density at radius 3 is 2.58 bits per heavy atom. The van der Waals surface area contributed by atoms with Crippen molar-refractivity contribution in [3.63, 3.8) is 0 Å². The predicted molar refractivity (Wildman–Crippen MR) is 157 cm³/mol. The first kappa shape index (κ1) is 27.1. The lowest BCUT2D eigenvalue weighted by atomic mass is 9.78. The predicted octanol–water partition coefficient (Wildman–Crippen LogP) is 6.52. The molecule has 4 aromatic rings. The SMILES string of the molecule is CC(C)(C)OC(=O)N1Cc2cc(NC(=O)c3ccccc3NCc3cccc4nccnc34)ccc2C(C)(C)C1. The Morgan fingerprint density at radius 1 is 1.00 bits per heavy atom. The highest BCUT2D eigenvalue weighted by Crippen LogP contribution is 2.35. The number of nitrogens with zero attached hydrogens (tertiary/aromatic N) is 3. The molecule has 0 unspecified atom stereocenters. The van der Waals surface area contributed by atoms with E-state index < -0.39 is 5.60 Å². The second-order valence-electron chi connectivity index (χ2n) is 11.8. The van der Waals surface area contributed by atoms with Gasteiger partial charge in [0.2, 0.25) is 0 Å². The summed E-state index contributed by atoms with van der Waals surface area (Å²) in [4.78, 5) is 36.9. The molecule has 40 heavy (non-hydrogen) atoms. The molecule has 0 saturated heterocycles. The highest BCUT2D eigenvalue weighted by Gasteiger charge is 2.35. The third-order valence-electron chi connectivity index (χ3n) is 6.91. The number of rotatable bonds is 5. The van der Waals surface area contributed by atoms with Gasteiger partial charge >= 0.3 is 6.09 Å². The third kappa shape index (κ3) is 5.91. The van der Waals surface area contributed by atoms with E-state index in [1.54, 1.807) is 23.4 Å². The van der Waals surface area contributed by atoms with Crippen molar-refractivity contribution >= 4 is 34.4 Å². The standard InChI is InChI=1S/C32H35N5O3/c1-31(2,3)40-30(39)37-19-22-17-23(13-14-25(22)32(4,5)20-37)36-29(38)24-10-6-7-11-26(24)35-18-21-9-8-12-27-28(21)34-16-15-33-27/h6-17,35H,18-20H2,1-5H3,(H,36,38). The van der Waals surface area contributed by atoms with Crippen LogP contribution in [0.4, 0.5) is 16.2 Å².